The number of hydrogen-bond acceptors (Lipinski definition) is 2. The first-order chi connectivity index (χ1) is 13.5. The molecular formula is C19H14ClF5N2O2. The van der Waals surface area contributed by atoms with Gasteiger partial charge in [-0.3, -0.25) is 9.59 Å². The van der Waals surface area contributed by atoms with E-state index in [2.05, 4.69) is 10.6 Å². The molecular weight excluding hydrogens is 419 g/mol. The predicted molar refractivity (Wildman–Crippen MR) is 96.8 cm³/mol. The highest BCUT2D eigenvalue weighted by molar-refractivity contribution is 6.31. The molecule has 2 aromatic carbocycles. The van der Waals surface area contributed by atoms with Gasteiger partial charge in [-0.15, -0.1) is 0 Å². The van der Waals surface area contributed by atoms with Gasteiger partial charge in [-0.05, 0) is 41.5 Å². The lowest BCUT2D eigenvalue weighted by Gasteiger charge is -2.17. The molecule has 0 spiro atoms. The second-order valence-corrected chi connectivity index (χ2v) is 6.21. The number of amides is 2. The zero-order chi connectivity index (χ0) is 21.8. The summed E-state index contributed by atoms with van der Waals surface area (Å²) >= 11 is 5.53. The molecule has 0 aromatic heterocycles. The second kappa shape index (κ2) is 9.04. The third kappa shape index (κ3) is 5.77. The maximum atomic E-state index is 13.4. The molecule has 1 unspecified atom stereocenters. The van der Waals surface area contributed by atoms with Crippen molar-refractivity contribution >= 4 is 29.5 Å². The second-order valence-electron chi connectivity index (χ2n) is 5.80. The van der Waals surface area contributed by atoms with Crippen LogP contribution < -0.4 is 10.6 Å². The van der Waals surface area contributed by atoms with Crippen LogP contribution in [-0.4, -0.2) is 18.9 Å². The molecule has 2 N–H and O–H groups in total. The van der Waals surface area contributed by atoms with Crippen molar-refractivity contribution in [2.24, 2.45) is 0 Å². The summed E-state index contributed by atoms with van der Waals surface area (Å²) in [5.74, 6) is -3.88. The molecule has 0 fully saturated rings. The van der Waals surface area contributed by atoms with E-state index in [9.17, 15) is 31.5 Å². The van der Waals surface area contributed by atoms with E-state index in [1.54, 1.807) is 0 Å². The van der Waals surface area contributed by atoms with E-state index in [0.29, 0.717) is 0 Å². The van der Waals surface area contributed by atoms with Gasteiger partial charge < -0.3 is 10.6 Å². The maximum Gasteiger partial charge on any atom is 0.417 e. The molecule has 4 nitrogen and oxygen atoms in total. The number of rotatable bonds is 5. The first kappa shape index (κ1) is 22.4. The zero-order valence-corrected chi connectivity index (χ0v) is 15.5. The molecule has 29 heavy (non-hydrogen) atoms. The van der Waals surface area contributed by atoms with Crippen molar-refractivity contribution in [3.8, 4) is 0 Å². The number of likely N-dealkylation sites (N-methyl/N-ethyl adjacent to an activating group) is 1. The Bertz CT molecular complexity index is 960. The Morgan fingerprint density at radius 3 is 2.34 bits per heavy atom. The van der Waals surface area contributed by atoms with Crippen molar-refractivity contribution in [1.82, 2.24) is 10.6 Å². The van der Waals surface area contributed by atoms with Crippen LogP contribution in [-0.2, 0) is 15.8 Å². The quantitative estimate of drug-likeness (QED) is 0.548. The third-order valence-electron chi connectivity index (χ3n) is 3.80. The van der Waals surface area contributed by atoms with Gasteiger partial charge in [0.05, 0.1) is 10.6 Å². The molecule has 0 aliphatic rings. The van der Waals surface area contributed by atoms with Gasteiger partial charge >= 0.3 is 6.18 Å². The molecule has 1 atom stereocenters. The van der Waals surface area contributed by atoms with Crippen molar-refractivity contribution in [1.29, 1.82) is 0 Å². The van der Waals surface area contributed by atoms with E-state index >= 15 is 0 Å². The van der Waals surface area contributed by atoms with Crippen LogP contribution >= 0.6 is 11.6 Å². The molecule has 0 saturated heterocycles. The molecule has 0 radical (unpaired) electrons. The fraction of sp³-hybridized carbons (Fsp3) is 0.158. The van der Waals surface area contributed by atoms with Crippen molar-refractivity contribution in [2.75, 3.05) is 7.05 Å². The summed E-state index contributed by atoms with van der Waals surface area (Å²) in [5.41, 5.74) is -1.04. The average Bonchev–Trinajstić information content (AvgIpc) is 2.66. The van der Waals surface area contributed by atoms with Crippen molar-refractivity contribution < 1.29 is 31.5 Å². The molecule has 0 heterocycles. The highest BCUT2D eigenvalue weighted by atomic mass is 35.5. The minimum Gasteiger partial charge on any atom is -0.357 e. The minimum absolute atomic E-state index is 0.0177. The summed E-state index contributed by atoms with van der Waals surface area (Å²) < 4.78 is 65.2. The number of halogens is 6. The van der Waals surface area contributed by atoms with E-state index in [1.165, 1.54) is 13.1 Å². The van der Waals surface area contributed by atoms with Crippen molar-refractivity contribution in [3.05, 3.63) is 75.8 Å². The van der Waals surface area contributed by atoms with Gasteiger partial charge in [-0.25, -0.2) is 8.78 Å². The summed E-state index contributed by atoms with van der Waals surface area (Å²) in [5, 5.41) is 4.07. The van der Waals surface area contributed by atoms with Gasteiger partial charge in [0, 0.05) is 13.1 Å². The smallest absolute Gasteiger partial charge is 0.357 e. The number of hydrogen-bond donors (Lipinski definition) is 2. The van der Waals surface area contributed by atoms with Crippen LogP contribution in [0.1, 0.15) is 22.7 Å². The lowest BCUT2D eigenvalue weighted by atomic mass is 10.1. The first-order valence-electron chi connectivity index (χ1n) is 8.04. The van der Waals surface area contributed by atoms with E-state index in [0.717, 1.165) is 42.5 Å². The van der Waals surface area contributed by atoms with Gasteiger partial charge in [-0.1, -0.05) is 23.7 Å². The number of carbonyl (C=O) groups excluding carboxylic acids is 2. The van der Waals surface area contributed by atoms with Gasteiger partial charge in [0.15, 0.2) is 11.6 Å². The Morgan fingerprint density at radius 1 is 1.07 bits per heavy atom. The number of benzene rings is 2. The summed E-state index contributed by atoms with van der Waals surface area (Å²) in [4.78, 5) is 24.1. The molecule has 10 heteroatoms. The Morgan fingerprint density at radius 2 is 1.76 bits per heavy atom. The first-order valence-corrected chi connectivity index (χ1v) is 8.42. The molecule has 0 aliphatic carbocycles. The Kier molecular flexibility index (Phi) is 6.97. The van der Waals surface area contributed by atoms with Gasteiger partial charge in [0.2, 0.25) is 11.8 Å². The van der Waals surface area contributed by atoms with Crippen LogP contribution in [0.5, 0.6) is 0 Å². The van der Waals surface area contributed by atoms with E-state index < -0.39 is 46.3 Å². The van der Waals surface area contributed by atoms with Crippen LogP contribution in [0, 0.1) is 11.6 Å². The number of nitrogens with one attached hydrogen (secondary N) is 2. The van der Waals surface area contributed by atoms with Gasteiger partial charge in [0.25, 0.3) is 0 Å². The van der Waals surface area contributed by atoms with E-state index in [4.69, 9.17) is 11.6 Å². The maximum absolute atomic E-state index is 13.4. The summed E-state index contributed by atoms with van der Waals surface area (Å²) in [7, 11) is 1.28. The topological polar surface area (TPSA) is 58.2 Å². The van der Waals surface area contributed by atoms with Gasteiger partial charge in [-0.2, -0.15) is 13.2 Å². The average molecular weight is 433 g/mol. The monoisotopic (exact) mass is 432 g/mol. The van der Waals surface area contributed by atoms with Gasteiger partial charge in [0.1, 0.15) is 6.04 Å². The largest absolute Gasteiger partial charge is 0.417 e. The Hall–Kier alpha value is -2.94. The standard InChI is InChI=1S/C19H14ClF5N2O2/c1-26-18(29)17(11-4-6-14(21)15(22)9-11)27-16(28)7-3-10-2-5-13(20)12(8-10)19(23,24)25/h2-9,17H,1H3,(H,26,29)(H,27,28)/b7-3+. The fourth-order valence-corrected chi connectivity index (χ4v) is 2.59. The lowest BCUT2D eigenvalue weighted by Crippen LogP contribution is -2.38. The Labute approximate surface area is 167 Å². The summed E-state index contributed by atoms with van der Waals surface area (Å²) in [6.45, 7) is 0. The molecule has 0 bridgehead atoms. The van der Waals surface area contributed by atoms with Crippen LogP contribution in [0.2, 0.25) is 5.02 Å². The lowest BCUT2D eigenvalue weighted by molar-refractivity contribution is -0.137. The third-order valence-corrected chi connectivity index (χ3v) is 4.12. The molecule has 154 valence electrons. The fourth-order valence-electron chi connectivity index (χ4n) is 2.36. The van der Waals surface area contributed by atoms with Crippen molar-refractivity contribution in [3.63, 3.8) is 0 Å². The molecule has 0 saturated carbocycles. The predicted octanol–water partition coefficient (Wildman–Crippen LogP) is 4.25. The molecule has 2 aromatic rings. The molecule has 2 rings (SSSR count). The number of carbonyl (C=O) groups is 2. The summed E-state index contributed by atoms with van der Waals surface area (Å²) in [6, 6.07) is 4.41. The Balaban J connectivity index is 2.22. The number of alkyl halides is 3. The van der Waals surface area contributed by atoms with Crippen LogP contribution in [0.3, 0.4) is 0 Å². The van der Waals surface area contributed by atoms with Crippen molar-refractivity contribution in [2.45, 2.75) is 12.2 Å². The minimum atomic E-state index is -4.67. The van der Waals surface area contributed by atoms with Crippen LogP contribution in [0.25, 0.3) is 6.08 Å². The SMILES string of the molecule is CNC(=O)C(NC(=O)/C=C/c1ccc(Cl)c(C(F)(F)F)c1)c1ccc(F)c(F)c1. The van der Waals surface area contributed by atoms with Crippen LogP contribution in [0.4, 0.5) is 22.0 Å². The summed E-state index contributed by atoms with van der Waals surface area (Å²) in [6.07, 6.45) is -2.67. The highest BCUT2D eigenvalue weighted by Gasteiger charge is 2.33. The molecule has 2 amide bonds. The normalized spacial score (nSPS) is 12.7. The van der Waals surface area contributed by atoms with Crippen LogP contribution in [0.15, 0.2) is 42.5 Å². The van der Waals surface area contributed by atoms with E-state index in [-0.39, 0.29) is 11.1 Å². The highest BCUT2D eigenvalue weighted by Crippen LogP contribution is 2.35. The molecule has 0 aliphatic heterocycles. The van der Waals surface area contributed by atoms with E-state index in [1.807, 2.05) is 0 Å². The zero-order valence-electron chi connectivity index (χ0n) is 14.8.